The summed E-state index contributed by atoms with van der Waals surface area (Å²) in [4.78, 5) is 14.6. The molecule has 6 nitrogen and oxygen atoms in total. The average molecular weight is 288 g/mol. The Balaban J connectivity index is 3.28. The maximum absolute atomic E-state index is 12.2. The molecule has 1 aromatic heterocycles. The fraction of sp³-hybridized carbons (Fsp3) is 0.583. The van der Waals surface area contributed by atoms with Crippen LogP contribution in [0.25, 0.3) is 0 Å². The highest BCUT2D eigenvalue weighted by Crippen LogP contribution is 2.23. The summed E-state index contributed by atoms with van der Waals surface area (Å²) >= 11 is 0. The standard InChI is InChI=1S/C12H20N2O4S/c1-6-18-12(15)10-8(4)11(9(5)13-10)19(16,17)14-7(2)3/h7,13-14H,6H2,1-5H3. The molecule has 0 radical (unpaired) electrons. The second-order valence-corrected chi connectivity index (χ2v) is 6.23. The van der Waals surface area contributed by atoms with Gasteiger partial charge in [-0.1, -0.05) is 0 Å². The highest BCUT2D eigenvalue weighted by Gasteiger charge is 2.27. The maximum atomic E-state index is 12.2. The lowest BCUT2D eigenvalue weighted by atomic mass is 10.2. The minimum absolute atomic E-state index is 0.115. The first kappa shape index (κ1) is 15.7. The summed E-state index contributed by atoms with van der Waals surface area (Å²) in [5, 5.41) is 0. The van der Waals surface area contributed by atoms with Crippen LogP contribution >= 0.6 is 0 Å². The average Bonchev–Trinajstić information content (AvgIpc) is 2.53. The molecule has 7 heteroatoms. The van der Waals surface area contributed by atoms with Crippen LogP contribution in [0.4, 0.5) is 0 Å². The number of ether oxygens (including phenoxy) is 1. The third-order valence-corrected chi connectivity index (χ3v) is 4.44. The number of esters is 1. The number of aryl methyl sites for hydroxylation is 1. The lowest BCUT2D eigenvalue weighted by molar-refractivity contribution is 0.0519. The molecule has 0 atom stereocenters. The van der Waals surface area contributed by atoms with Crippen LogP contribution in [-0.4, -0.2) is 32.0 Å². The maximum Gasteiger partial charge on any atom is 0.355 e. The van der Waals surface area contributed by atoms with Crippen molar-refractivity contribution in [2.24, 2.45) is 0 Å². The molecule has 0 saturated carbocycles. The Labute approximate surface area is 113 Å². The highest BCUT2D eigenvalue weighted by atomic mass is 32.2. The zero-order valence-corrected chi connectivity index (χ0v) is 12.6. The SMILES string of the molecule is CCOC(=O)c1[nH]c(C)c(S(=O)(=O)NC(C)C)c1C. The van der Waals surface area contributed by atoms with Crippen molar-refractivity contribution in [3.05, 3.63) is 17.0 Å². The zero-order valence-electron chi connectivity index (χ0n) is 11.8. The number of hydrogen-bond donors (Lipinski definition) is 2. The molecule has 0 aromatic carbocycles. The van der Waals surface area contributed by atoms with Gasteiger partial charge < -0.3 is 9.72 Å². The van der Waals surface area contributed by atoms with Gasteiger partial charge in [-0.2, -0.15) is 0 Å². The molecule has 0 bridgehead atoms. The smallest absolute Gasteiger partial charge is 0.355 e. The first-order valence-corrected chi connectivity index (χ1v) is 7.57. The van der Waals surface area contributed by atoms with Gasteiger partial charge in [-0.15, -0.1) is 0 Å². The van der Waals surface area contributed by atoms with Gasteiger partial charge in [-0.25, -0.2) is 17.9 Å². The Kier molecular flexibility index (Phi) is 4.75. The molecule has 19 heavy (non-hydrogen) atoms. The summed E-state index contributed by atoms with van der Waals surface area (Å²) in [7, 11) is -3.64. The van der Waals surface area contributed by atoms with Crippen molar-refractivity contribution < 1.29 is 17.9 Å². The van der Waals surface area contributed by atoms with Crippen LogP contribution in [0.3, 0.4) is 0 Å². The summed E-state index contributed by atoms with van der Waals surface area (Å²) in [5.41, 5.74) is 0.987. The lowest BCUT2D eigenvalue weighted by Gasteiger charge is -2.10. The van der Waals surface area contributed by atoms with Crippen molar-refractivity contribution in [3.63, 3.8) is 0 Å². The number of sulfonamides is 1. The number of H-pyrrole nitrogens is 1. The number of aromatic nitrogens is 1. The van der Waals surface area contributed by atoms with Crippen molar-refractivity contribution in [1.29, 1.82) is 0 Å². The molecular weight excluding hydrogens is 268 g/mol. The van der Waals surface area contributed by atoms with Crippen LogP contribution < -0.4 is 4.72 Å². The van der Waals surface area contributed by atoms with Gasteiger partial charge in [0.2, 0.25) is 10.0 Å². The molecule has 1 heterocycles. The molecule has 0 unspecified atom stereocenters. The number of rotatable bonds is 5. The zero-order chi connectivity index (χ0) is 14.8. The van der Waals surface area contributed by atoms with Crippen molar-refractivity contribution in [1.82, 2.24) is 9.71 Å². The molecule has 0 amide bonds. The monoisotopic (exact) mass is 288 g/mol. The summed E-state index contributed by atoms with van der Waals surface area (Å²) in [5.74, 6) is -0.547. The lowest BCUT2D eigenvalue weighted by Crippen LogP contribution is -2.30. The summed E-state index contributed by atoms with van der Waals surface area (Å²) in [6.45, 7) is 8.61. The van der Waals surface area contributed by atoms with Gasteiger partial charge in [0.25, 0.3) is 0 Å². The van der Waals surface area contributed by atoms with E-state index in [0.29, 0.717) is 11.3 Å². The third kappa shape index (κ3) is 3.36. The molecule has 2 N–H and O–H groups in total. The fourth-order valence-corrected chi connectivity index (χ4v) is 3.61. The first-order valence-electron chi connectivity index (χ1n) is 6.09. The van der Waals surface area contributed by atoms with E-state index in [9.17, 15) is 13.2 Å². The molecule has 1 aromatic rings. The van der Waals surface area contributed by atoms with Crippen LogP contribution in [0, 0.1) is 13.8 Å². The Morgan fingerprint density at radius 2 is 1.95 bits per heavy atom. The Hall–Kier alpha value is -1.34. The molecule has 0 spiro atoms. The molecular formula is C12H20N2O4S. The van der Waals surface area contributed by atoms with E-state index in [2.05, 4.69) is 9.71 Å². The van der Waals surface area contributed by atoms with Gasteiger partial charge in [0, 0.05) is 17.3 Å². The predicted octanol–water partition coefficient (Wildman–Crippen LogP) is 1.49. The van der Waals surface area contributed by atoms with Gasteiger partial charge >= 0.3 is 5.97 Å². The van der Waals surface area contributed by atoms with E-state index in [-0.39, 0.29) is 23.2 Å². The topological polar surface area (TPSA) is 88.3 Å². The van der Waals surface area contributed by atoms with Crippen LogP contribution in [0.5, 0.6) is 0 Å². The van der Waals surface area contributed by atoms with Gasteiger partial charge in [0.15, 0.2) is 0 Å². The molecule has 1 rings (SSSR count). The number of nitrogens with one attached hydrogen (secondary N) is 2. The van der Waals surface area contributed by atoms with E-state index in [4.69, 9.17) is 4.74 Å². The van der Waals surface area contributed by atoms with E-state index in [0.717, 1.165) is 0 Å². The largest absolute Gasteiger partial charge is 0.461 e. The first-order chi connectivity index (χ1) is 8.70. The molecule has 108 valence electrons. The van der Waals surface area contributed by atoms with Crippen LogP contribution in [-0.2, 0) is 14.8 Å². The normalized spacial score (nSPS) is 11.9. The molecule has 0 aliphatic carbocycles. The number of carbonyl (C=O) groups is 1. The van der Waals surface area contributed by atoms with Crippen LogP contribution in [0.15, 0.2) is 4.90 Å². The van der Waals surface area contributed by atoms with E-state index in [1.807, 2.05) is 0 Å². The third-order valence-electron chi connectivity index (χ3n) is 2.51. The fourth-order valence-electron chi connectivity index (χ4n) is 1.91. The number of carbonyl (C=O) groups excluding carboxylic acids is 1. The number of aromatic amines is 1. The Bertz CT molecular complexity index is 573. The second-order valence-electron chi connectivity index (χ2n) is 4.58. The van der Waals surface area contributed by atoms with Gasteiger partial charge in [0.1, 0.15) is 10.6 Å². The van der Waals surface area contributed by atoms with Gasteiger partial charge in [0.05, 0.1) is 6.61 Å². The van der Waals surface area contributed by atoms with Crippen molar-refractivity contribution in [2.75, 3.05) is 6.61 Å². The van der Waals surface area contributed by atoms with Gasteiger partial charge in [-0.05, 0) is 34.6 Å². The summed E-state index contributed by atoms with van der Waals surface area (Å²) in [6.07, 6.45) is 0. The Morgan fingerprint density at radius 1 is 1.37 bits per heavy atom. The van der Waals surface area contributed by atoms with Crippen molar-refractivity contribution in [2.45, 2.75) is 45.6 Å². The summed E-state index contributed by atoms with van der Waals surface area (Å²) < 4.78 is 31.8. The molecule has 0 saturated heterocycles. The van der Waals surface area contributed by atoms with Crippen molar-refractivity contribution >= 4 is 16.0 Å². The quantitative estimate of drug-likeness (QED) is 0.804. The van der Waals surface area contributed by atoms with E-state index >= 15 is 0 Å². The number of hydrogen-bond acceptors (Lipinski definition) is 4. The van der Waals surface area contributed by atoms with Crippen LogP contribution in [0.1, 0.15) is 42.5 Å². The second kappa shape index (κ2) is 5.75. The molecule has 0 aliphatic heterocycles. The Morgan fingerprint density at radius 3 is 2.42 bits per heavy atom. The van der Waals surface area contributed by atoms with Crippen LogP contribution in [0.2, 0.25) is 0 Å². The van der Waals surface area contributed by atoms with E-state index < -0.39 is 16.0 Å². The highest BCUT2D eigenvalue weighted by molar-refractivity contribution is 7.89. The van der Waals surface area contributed by atoms with E-state index in [1.54, 1.807) is 34.6 Å². The summed E-state index contributed by atoms with van der Waals surface area (Å²) in [6, 6.07) is -0.218. The minimum atomic E-state index is -3.64. The molecule has 0 aliphatic rings. The van der Waals surface area contributed by atoms with Gasteiger partial charge in [-0.3, -0.25) is 0 Å². The predicted molar refractivity (Wildman–Crippen MR) is 71.7 cm³/mol. The minimum Gasteiger partial charge on any atom is -0.461 e. The van der Waals surface area contributed by atoms with E-state index in [1.165, 1.54) is 0 Å². The van der Waals surface area contributed by atoms with Crippen molar-refractivity contribution in [3.8, 4) is 0 Å². The molecule has 0 fully saturated rings.